The van der Waals surface area contributed by atoms with E-state index in [0.29, 0.717) is 17.9 Å². The summed E-state index contributed by atoms with van der Waals surface area (Å²) in [4.78, 5) is 15.7. The SMILES string of the molecule is COCNC(=O)c1cccnc1COC. The van der Waals surface area contributed by atoms with Crippen LogP contribution in [0.5, 0.6) is 0 Å². The summed E-state index contributed by atoms with van der Waals surface area (Å²) in [5, 5.41) is 2.59. The summed E-state index contributed by atoms with van der Waals surface area (Å²) >= 11 is 0. The molecule has 0 aliphatic rings. The van der Waals surface area contributed by atoms with E-state index in [1.807, 2.05) is 0 Å². The summed E-state index contributed by atoms with van der Waals surface area (Å²) in [6, 6.07) is 3.41. The molecular weight excluding hydrogens is 196 g/mol. The number of rotatable bonds is 5. The minimum atomic E-state index is -0.211. The van der Waals surface area contributed by atoms with Gasteiger partial charge in [-0.15, -0.1) is 0 Å². The van der Waals surface area contributed by atoms with E-state index in [-0.39, 0.29) is 12.6 Å². The highest BCUT2D eigenvalue weighted by atomic mass is 16.5. The quantitative estimate of drug-likeness (QED) is 0.721. The molecule has 1 heterocycles. The first kappa shape index (κ1) is 11.6. The number of carbonyl (C=O) groups is 1. The van der Waals surface area contributed by atoms with Crippen LogP contribution in [-0.2, 0) is 16.1 Å². The summed E-state index contributed by atoms with van der Waals surface area (Å²) in [7, 11) is 3.07. The Morgan fingerprint density at radius 3 is 2.93 bits per heavy atom. The molecule has 5 nitrogen and oxygen atoms in total. The molecule has 0 saturated carbocycles. The third kappa shape index (κ3) is 3.30. The molecule has 0 unspecified atom stereocenters. The second-order valence-corrected chi connectivity index (χ2v) is 2.87. The van der Waals surface area contributed by atoms with E-state index in [0.717, 1.165) is 0 Å². The fourth-order valence-corrected chi connectivity index (χ4v) is 1.13. The first-order valence-electron chi connectivity index (χ1n) is 4.49. The molecule has 0 aliphatic carbocycles. The Bertz CT molecular complexity index is 328. The Balaban J connectivity index is 2.77. The van der Waals surface area contributed by atoms with E-state index in [2.05, 4.69) is 10.3 Å². The van der Waals surface area contributed by atoms with E-state index in [4.69, 9.17) is 9.47 Å². The summed E-state index contributed by atoms with van der Waals surface area (Å²) < 4.78 is 9.70. The molecule has 5 heteroatoms. The fourth-order valence-electron chi connectivity index (χ4n) is 1.13. The average Bonchev–Trinajstić information content (AvgIpc) is 2.27. The highest BCUT2D eigenvalue weighted by Crippen LogP contribution is 2.06. The Morgan fingerprint density at radius 1 is 1.47 bits per heavy atom. The molecule has 1 aromatic heterocycles. The lowest BCUT2D eigenvalue weighted by atomic mass is 10.2. The number of nitrogens with one attached hydrogen (secondary N) is 1. The van der Waals surface area contributed by atoms with Crippen molar-refractivity contribution in [1.29, 1.82) is 0 Å². The molecule has 0 aromatic carbocycles. The van der Waals surface area contributed by atoms with Crippen molar-refractivity contribution in [3.05, 3.63) is 29.6 Å². The van der Waals surface area contributed by atoms with E-state index >= 15 is 0 Å². The van der Waals surface area contributed by atoms with Crippen LogP contribution in [0.4, 0.5) is 0 Å². The molecule has 0 spiro atoms. The van der Waals surface area contributed by atoms with Crippen LogP contribution >= 0.6 is 0 Å². The molecule has 0 aliphatic heterocycles. The van der Waals surface area contributed by atoms with Crippen LogP contribution in [0.1, 0.15) is 16.1 Å². The molecule has 82 valence electrons. The van der Waals surface area contributed by atoms with Crippen molar-refractivity contribution in [2.24, 2.45) is 0 Å². The van der Waals surface area contributed by atoms with Gasteiger partial charge in [0, 0.05) is 20.4 Å². The summed E-state index contributed by atoms with van der Waals surface area (Å²) in [6.45, 7) is 0.497. The van der Waals surface area contributed by atoms with Gasteiger partial charge < -0.3 is 14.8 Å². The second kappa shape index (κ2) is 6.10. The van der Waals surface area contributed by atoms with Crippen LogP contribution in [0.3, 0.4) is 0 Å². The molecule has 1 aromatic rings. The van der Waals surface area contributed by atoms with Crippen molar-refractivity contribution >= 4 is 5.91 Å². The van der Waals surface area contributed by atoms with Crippen LogP contribution in [-0.4, -0.2) is 31.8 Å². The number of nitrogens with zero attached hydrogens (tertiary/aromatic N) is 1. The Hall–Kier alpha value is -1.46. The van der Waals surface area contributed by atoms with Crippen molar-refractivity contribution < 1.29 is 14.3 Å². The number of carbonyl (C=O) groups excluding carboxylic acids is 1. The maximum Gasteiger partial charge on any atom is 0.254 e. The van der Waals surface area contributed by atoms with E-state index < -0.39 is 0 Å². The van der Waals surface area contributed by atoms with Gasteiger partial charge in [0.1, 0.15) is 6.73 Å². The van der Waals surface area contributed by atoms with Crippen LogP contribution in [0.15, 0.2) is 18.3 Å². The number of methoxy groups -OCH3 is 2. The topological polar surface area (TPSA) is 60.5 Å². The van der Waals surface area contributed by atoms with Gasteiger partial charge in [0.15, 0.2) is 0 Å². The number of aromatic nitrogens is 1. The third-order valence-corrected chi connectivity index (χ3v) is 1.79. The highest BCUT2D eigenvalue weighted by Gasteiger charge is 2.10. The van der Waals surface area contributed by atoms with E-state index in [9.17, 15) is 4.79 Å². The Labute approximate surface area is 88.4 Å². The predicted octanol–water partition coefficient (Wildman–Crippen LogP) is 0.562. The molecule has 1 N–H and O–H groups in total. The van der Waals surface area contributed by atoms with Gasteiger partial charge in [0.05, 0.1) is 17.9 Å². The lowest BCUT2D eigenvalue weighted by Crippen LogP contribution is -2.26. The fraction of sp³-hybridized carbons (Fsp3) is 0.400. The van der Waals surface area contributed by atoms with Crippen molar-refractivity contribution in [2.75, 3.05) is 21.0 Å². The van der Waals surface area contributed by atoms with Crippen LogP contribution < -0.4 is 5.32 Å². The number of amides is 1. The molecule has 0 atom stereocenters. The first-order chi connectivity index (χ1) is 7.29. The van der Waals surface area contributed by atoms with Gasteiger partial charge in [-0.25, -0.2) is 0 Å². The van der Waals surface area contributed by atoms with Gasteiger partial charge in [0.2, 0.25) is 0 Å². The number of pyridine rings is 1. The summed E-state index contributed by atoms with van der Waals surface area (Å²) in [6.07, 6.45) is 1.63. The van der Waals surface area contributed by atoms with E-state index in [1.54, 1.807) is 25.4 Å². The van der Waals surface area contributed by atoms with Crippen LogP contribution in [0.2, 0.25) is 0 Å². The molecule has 0 saturated heterocycles. The van der Waals surface area contributed by atoms with Gasteiger partial charge in [-0.3, -0.25) is 9.78 Å². The van der Waals surface area contributed by atoms with Gasteiger partial charge >= 0.3 is 0 Å². The lowest BCUT2D eigenvalue weighted by molar-refractivity contribution is 0.0866. The molecule has 1 rings (SSSR count). The van der Waals surface area contributed by atoms with Crippen molar-refractivity contribution in [3.63, 3.8) is 0 Å². The number of ether oxygens (including phenoxy) is 2. The minimum absolute atomic E-state index is 0.181. The molecule has 0 fully saturated rings. The number of hydrogen-bond donors (Lipinski definition) is 1. The largest absolute Gasteiger partial charge is 0.378 e. The second-order valence-electron chi connectivity index (χ2n) is 2.87. The van der Waals surface area contributed by atoms with Gasteiger partial charge in [-0.05, 0) is 12.1 Å². The van der Waals surface area contributed by atoms with Gasteiger partial charge in [0.25, 0.3) is 5.91 Å². The zero-order valence-electron chi connectivity index (χ0n) is 8.82. The zero-order chi connectivity index (χ0) is 11.1. The first-order valence-corrected chi connectivity index (χ1v) is 4.49. The average molecular weight is 210 g/mol. The van der Waals surface area contributed by atoms with Gasteiger partial charge in [-0.1, -0.05) is 0 Å². The maximum atomic E-state index is 11.6. The molecule has 0 bridgehead atoms. The van der Waals surface area contributed by atoms with Crippen molar-refractivity contribution in [2.45, 2.75) is 6.61 Å². The monoisotopic (exact) mass is 210 g/mol. The maximum absolute atomic E-state index is 11.6. The Morgan fingerprint density at radius 2 is 2.27 bits per heavy atom. The highest BCUT2D eigenvalue weighted by molar-refractivity contribution is 5.95. The van der Waals surface area contributed by atoms with Crippen LogP contribution in [0, 0.1) is 0 Å². The van der Waals surface area contributed by atoms with Crippen LogP contribution in [0.25, 0.3) is 0 Å². The minimum Gasteiger partial charge on any atom is -0.378 e. The normalized spacial score (nSPS) is 10.0. The standard InChI is InChI=1S/C10H14N2O3/c1-14-6-9-8(4-3-5-11-9)10(13)12-7-15-2/h3-5H,6-7H2,1-2H3,(H,12,13). The molecule has 1 amide bonds. The smallest absolute Gasteiger partial charge is 0.254 e. The zero-order valence-corrected chi connectivity index (χ0v) is 8.82. The third-order valence-electron chi connectivity index (χ3n) is 1.79. The lowest BCUT2D eigenvalue weighted by Gasteiger charge is -2.07. The van der Waals surface area contributed by atoms with Gasteiger partial charge in [-0.2, -0.15) is 0 Å². The molecular formula is C10H14N2O3. The molecule has 0 radical (unpaired) electrons. The summed E-state index contributed by atoms with van der Waals surface area (Å²) in [5.74, 6) is -0.211. The van der Waals surface area contributed by atoms with E-state index in [1.165, 1.54) is 7.11 Å². The molecule has 15 heavy (non-hydrogen) atoms. The van der Waals surface area contributed by atoms with Crippen molar-refractivity contribution in [1.82, 2.24) is 10.3 Å². The Kier molecular flexibility index (Phi) is 4.73. The summed E-state index contributed by atoms with van der Waals surface area (Å²) in [5.41, 5.74) is 1.13. The number of hydrogen-bond acceptors (Lipinski definition) is 4. The van der Waals surface area contributed by atoms with Crippen molar-refractivity contribution in [3.8, 4) is 0 Å². The predicted molar refractivity (Wildman–Crippen MR) is 54.3 cm³/mol.